The number of para-hydroxylation sites is 1. The molecule has 1 atom stereocenters. The van der Waals surface area contributed by atoms with Crippen molar-refractivity contribution in [2.75, 3.05) is 33.4 Å². The lowest BCUT2D eigenvalue weighted by Gasteiger charge is -2.32. The summed E-state index contributed by atoms with van der Waals surface area (Å²) in [5.41, 5.74) is 3.01. The van der Waals surface area contributed by atoms with Gasteiger partial charge in [-0.3, -0.25) is 19.6 Å². The molecule has 2 aliphatic heterocycles. The topological polar surface area (TPSA) is 92.2 Å². The number of imide groups is 1. The molecular formula is C26H27N5O3S. The van der Waals surface area contributed by atoms with Gasteiger partial charge in [-0.05, 0) is 42.8 Å². The van der Waals surface area contributed by atoms with Crippen molar-refractivity contribution in [2.45, 2.75) is 19.4 Å². The zero-order chi connectivity index (χ0) is 23.9. The van der Waals surface area contributed by atoms with Gasteiger partial charge in [-0.1, -0.05) is 18.2 Å². The molecule has 1 aromatic carbocycles. The molecule has 9 heteroatoms. The maximum absolute atomic E-state index is 13.1. The van der Waals surface area contributed by atoms with Crippen LogP contribution in [0.15, 0.2) is 41.9 Å². The molecule has 5 heterocycles. The first-order chi connectivity index (χ1) is 17.1. The zero-order valence-corrected chi connectivity index (χ0v) is 20.4. The molecule has 1 saturated heterocycles. The van der Waals surface area contributed by atoms with Crippen LogP contribution in [0.25, 0.3) is 32.3 Å². The van der Waals surface area contributed by atoms with E-state index in [0.29, 0.717) is 22.8 Å². The second-order valence-electron chi connectivity index (χ2n) is 9.25. The van der Waals surface area contributed by atoms with Crippen molar-refractivity contribution in [3.63, 3.8) is 0 Å². The van der Waals surface area contributed by atoms with Crippen LogP contribution in [0.1, 0.15) is 24.1 Å². The molecule has 2 N–H and O–H groups in total. The summed E-state index contributed by atoms with van der Waals surface area (Å²) in [6, 6.07) is 9.94. The summed E-state index contributed by atoms with van der Waals surface area (Å²) in [5, 5.41) is 11.3. The molecule has 6 rings (SSSR count). The Morgan fingerprint density at radius 3 is 2.89 bits per heavy atom. The molecule has 35 heavy (non-hydrogen) atoms. The largest absolute Gasteiger partial charge is 0.383 e. The SMILES string of the molecule is COCCN1CCCC(Cn2nc(C3=C(c4c[nH]c5sccc45)C(=O)NC3=O)c3ccccc32)C1. The molecule has 0 saturated carbocycles. The van der Waals surface area contributed by atoms with Gasteiger partial charge in [-0.2, -0.15) is 5.10 Å². The predicted octanol–water partition coefficient (Wildman–Crippen LogP) is 3.50. The monoisotopic (exact) mass is 489 g/mol. The number of fused-ring (bicyclic) bond motifs is 2. The number of aromatic amines is 1. The van der Waals surface area contributed by atoms with E-state index in [0.717, 1.165) is 72.3 Å². The maximum Gasteiger partial charge on any atom is 0.261 e. The number of carbonyl (C=O) groups is 2. The van der Waals surface area contributed by atoms with Crippen LogP contribution in [0, 0.1) is 5.92 Å². The average molecular weight is 490 g/mol. The smallest absolute Gasteiger partial charge is 0.261 e. The van der Waals surface area contributed by atoms with Crippen LogP contribution in [-0.2, 0) is 20.9 Å². The van der Waals surface area contributed by atoms with E-state index in [1.54, 1.807) is 18.4 Å². The van der Waals surface area contributed by atoms with Crippen LogP contribution in [0.5, 0.6) is 0 Å². The Bertz CT molecular complexity index is 1460. The Balaban J connectivity index is 1.42. The summed E-state index contributed by atoms with van der Waals surface area (Å²) in [6.07, 6.45) is 4.10. The third-order valence-corrected chi connectivity index (χ3v) is 7.89. The predicted molar refractivity (Wildman–Crippen MR) is 137 cm³/mol. The van der Waals surface area contributed by atoms with E-state index >= 15 is 0 Å². The molecule has 0 radical (unpaired) electrons. The zero-order valence-electron chi connectivity index (χ0n) is 19.5. The lowest BCUT2D eigenvalue weighted by atomic mass is 9.98. The quantitative estimate of drug-likeness (QED) is 0.388. The number of hydrogen-bond acceptors (Lipinski definition) is 6. The van der Waals surface area contributed by atoms with Crippen molar-refractivity contribution in [3.8, 4) is 0 Å². The molecule has 0 spiro atoms. The number of piperidine rings is 1. The first kappa shape index (κ1) is 22.2. The van der Waals surface area contributed by atoms with E-state index < -0.39 is 5.91 Å². The number of H-pyrrole nitrogens is 1. The van der Waals surface area contributed by atoms with Gasteiger partial charge in [0.05, 0.1) is 23.3 Å². The highest BCUT2D eigenvalue weighted by atomic mass is 32.1. The highest BCUT2D eigenvalue weighted by molar-refractivity contribution is 7.16. The van der Waals surface area contributed by atoms with Gasteiger partial charge in [-0.15, -0.1) is 11.3 Å². The number of nitrogens with zero attached hydrogens (tertiary/aromatic N) is 3. The number of benzene rings is 1. The molecule has 0 bridgehead atoms. The number of rotatable bonds is 7. The standard InChI is InChI=1S/C26H27N5O3S/c1-34-11-10-30-9-4-5-16(14-30)15-31-20-7-3-2-6-18(20)23(29-31)22-21(24(32)28-25(22)33)19-13-27-26-17(19)8-12-35-26/h2-3,6-8,12-13,16,27H,4-5,9-11,14-15H2,1H3,(H,28,32,33). The van der Waals surface area contributed by atoms with Gasteiger partial charge in [0.1, 0.15) is 10.5 Å². The third-order valence-electron chi connectivity index (χ3n) is 7.04. The first-order valence-corrected chi connectivity index (χ1v) is 12.8. The van der Waals surface area contributed by atoms with Crippen LogP contribution in [-0.4, -0.2) is 64.8 Å². The molecule has 1 fully saturated rings. The molecule has 8 nitrogen and oxygen atoms in total. The molecule has 4 aromatic rings. The minimum Gasteiger partial charge on any atom is -0.383 e. The Hall–Kier alpha value is -3.27. The summed E-state index contributed by atoms with van der Waals surface area (Å²) < 4.78 is 7.29. The van der Waals surface area contributed by atoms with Crippen molar-refractivity contribution in [1.29, 1.82) is 0 Å². The highest BCUT2D eigenvalue weighted by Gasteiger charge is 2.36. The fourth-order valence-electron chi connectivity index (χ4n) is 5.41. The number of amides is 2. The minimum atomic E-state index is -0.395. The van der Waals surface area contributed by atoms with Crippen molar-refractivity contribution < 1.29 is 14.3 Å². The Morgan fingerprint density at radius 1 is 1.14 bits per heavy atom. The molecule has 3 aromatic heterocycles. The van der Waals surface area contributed by atoms with E-state index in [9.17, 15) is 9.59 Å². The number of ether oxygens (including phenoxy) is 1. The molecule has 2 amide bonds. The molecule has 1 unspecified atom stereocenters. The van der Waals surface area contributed by atoms with Crippen LogP contribution in [0.2, 0.25) is 0 Å². The number of hydrogen-bond donors (Lipinski definition) is 2. The number of aromatic nitrogens is 3. The third kappa shape index (κ3) is 3.89. The summed E-state index contributed by atoms with van der Waals surface area (Å²) in [5.74, 6) is -0.315. The molecule has 0 aliphatic carbocycles. The second-order valence-corrected chi connectivity index (χ2v) is 10.2. The van der Waals surface area contributed by atoms with Crippen molar-refractivity contribution >= 4 is 55.4 Å². The van der Waals surface area contributed by atoms with E-state index in [1.165, 1.54) is 0 Å². The highest BCUT2D eigenvalue weighted by Crippen LogP contribution is 2.38. The summed E-state index contributed by atoms with van der Waals surface area (Å²) >= 11 is 1.57. The Morgan fingerprint density at radius 2 is 2.00 bits per heavy atom. The number of thiophene rings is 1. The average Bonchev–Trinajstić information content (AvgIpc) is 3.62. The fourth-order valence-corrected chi connectivity index (χ4v) is 6.19. The number of methoxy groups -OCH3 is 1. The van der Waals surface area contributed by atoms with E-state index in [-0.39, 0.29) is 5.91 Å². The van der Waals surface area contributed by atoms with Crippen LogP contribution in [0.3, 0.4) is 0 Å². The van der Waals surface area contributed by atoms with Crippen LogP contribution >= 0.6 is 11.3 Å². The minimum absolute atomic E-state index is 0.349. The van der Waals surface area contributed by atoms with Crippen LogP contribution < -0.4 is 5.32 Å². The van der Waals surface area contributed by atoms with E-state index in [1.807, 2.05) is 46.6 Å². The van der Waals surface area contributed by atoms with E-state index in [4.69, 9.17) is 9.84 Å². The number of carbonyl (C=O) groups excluding carboxylic acids is 2. The Labute approximate surface area is 206 Å². The van der Waals surface area contributed by atoms with Gasteiger partial charge >= 0.3 is 0 Å². The lowest BCUT2D eigenvalue weighted by Crippen LogP contribution is -2.38. The maximum atomic E-state index is 13.1. The summed E-state index contributed by atoms with van der Waals surface area (Å²) in [6.45, 7) is 4.53. The van der Waals surface area contributed by atoms with Gasteiger partial charge in [-0.25, -0.2) is 0 Å². The number of likely N-dealkylation sites (tertiary alicyclic amines) is 1. The van der Waals surface area contributed by atoms with Crippen molar-refractivity contribution in [2.24, 2.45) is 5.92 Å². The summed E-state index contributed by atoms with van der Waals surface area (Å²) in [4.78, 5) is 32.7. The second kappa shape index (κ2) is 9.07. The fraction of sp³-hybridized carbons (Fsp3) is 0.346. The summed E-state index contributed by atoms with van der Waals surface area (Å²) in [7, 11) is 1.74. The molecule has 2 aliphatic rings. The van der Waals surface area contributed by atoms with Crippen molar-refractivity contribution in [1.82, 2.24) is 25.0 Å². The van der Waals surface area contributed by atoms with Gasteiger partial charge < -0.3 is 14.6 Å². The molecular weight excluding hydrogens is 462 g/mol. The lowest BCUT2D eigenvalue weighted by molar-refractivity contribution is -0.122. The molecule has 180 valence electrons. The van der Waals surface area contributed by atoms with Crippen LogP contribution in [0.4, 0.5) is 0 Å². The van der Waals surface area contributed by atoms with E-state index in [2.05, 4.69) is 15.2 Å². The van der Waals surface area contributed by atoms with Gasteiger partial charge in [0.2, 0.25) is 0 Å². The normalized spacial score (nSPS) is 19.4. The Kier molecular flexibility index (Phi) is 5.75. The van der Waals surface area contributed by atoms with Gasteiger partial charge in [0, 0.05) is 49.3 Å². The van der Waals surface area contributed by atoms with Gasteiger partial charge in [0.15, 0.2) is 0 Å². The number of nitrogens with one attached hydrogen (secondary N) is 2. The van der Waals surface area contributed by atoms with Crippen molar-refractivity contribution in [3.05, 3.63) is 53.2 Å². The van der Waals surface area contributed by atoms with Gasteiger partial charge in [0.25, 0.3) is 11.8 Å². The first-order valence-electron chi connectivity index (χ1n) is 12.0.